The van der Waals surface area contributed by atoms with Crippen molar-refractivity contribution < 1.29 is 52.8 Å². The Bertz CT molecular complexity index is 601. The first kappa shape index (κ1) is 38.5. The van der Waals surface area contributed by atoms with E-state index in [0.717, 1.165) is 25.7 Å². The van der Waals surface area contributed by atoms with Gasteiger partial charge >= 0.3 is 27.3 Å². The minimum absolute atomic E-state index is 0.201. The highest BCUT2D eigenvalue weighted by Crippen LogP contribution is 2.57. The molecular formula is C26H47F9O3Si. The third kappa shape index (κ3) is 14.3. The van der Waals surface area contributed by atoms with Gasteiger partial charge in [0.05, 0.1) is 11.8 Å². The Morgan fingerprint density at radius 1 is 0.487 bits per heavy atom. The minimum atomic E-state index is -5.83. The lowest BCUT2D eigenvalue weighted by atomic mass is 9.83. The maximum absolute atomic E-state index is 14.0. The van der Waals surface area contributed by atoms with E-state index in [2.05, 4.69) is 20.2 Å². The number of hydrogen-bond donors (Lipinski definition) is 0. The zero-order valence-corrected chi connectivity index (χ0v) is 24.7. The molecule has 0 saturated heterocycles. The van der Waals surface area contributed by atoms with Crippen LogP contribution in [0, 0.1) is 11.8 Å². The number of rotatable bonds is 22. The van der Waals surface area contributed by atoms with Gasteiger partial charge in [-0.25, -0.2) is 0 Å². The third-order valence-corrected chi connectivity index (χ3v) is 10.5. The van der Waals surface area contributed by atoms with Crippen LogP contribution in [0.1, 0.15) is 110 Å². The van der Waals surface area contributed by atoms with E-state index in [-0.39, 0.29) is 12.8 Å². The van der Waals surface area contributed by atoms with Gasteiger partial charge in [0.2, 0.25) is 0 Å². The van der Waals surface area contributed by atoms with Crippen molar-refractivity contribution in [2.45, 2.75) is 134 Å². The van der Waals surface area contributed by atoms with Gasteiger partial charge < -0.3 is 13.3 Å². The average molecular weight is 607 g/mol. The van der Waals surface area contributed by atoms with Crippen LogP contribution in [0.3, 0.4) is 0 Å². The van der Waals surface area contributed by atoms with Crippen molar-refractivity contribution in [3.63, 3.8) is 0 Å². The largest absolute Gasteiger partial charge is 0.513 e. The van der Waals surface area contributed by atoms with E-state index >= 15 is 0 Å². The molecule has 0 spiro atoms. The fourth-order valence-corrected chi connectivity index (χ4v) is 7.71. The molecule has 0 aliphatic rings. The molecule has 0 rings (SSSR count). The predicted octanol–water partition coefficient (Wildman–Crippen LogP) is 10.4. The van der Waals surface area contributed by atoms with Crippen LogP contribution in [0.25, 0.3) is 0 Å². The first-order valence-electron chi connectivity index (χ1n) is 14.0. The normalized spacial score (nSPS) is 15.9. The van der Waals surface area contributed by atoms with Crippen molar-refractivity contribution in [2.24, 2.45) is 11.8 Å². The summed E-state index contributed by atoms with van der Waals surface area (Å²) in [4.78, 5) is 0. The lowest BCUT2D eigenvalue weighted by Crippen LogP contribution is -2.60. The molecule has 0 radical (unpaired) electrons. The highest BCUT2D eigenvalue weighted by molar-refractivity contribution is 6.62. The van der Waals surface area contributed by atoms with Crippen molar-refractivity contribution in [2.75, 3.05) is 21.3 Å². The van der Waals surface area contributed by atoms with Crippen molar-refractivity contribution in [1.29, 1.82) is 0 Å². The molecule has 13 heteroatoms. The first-order valence-corrected chi connectivity index (χ1v) is 15.8. The van der Waals surface area contributed by atoms with Gasteiger partial charge in [0.1, 0.15) is 5.54 Å². The van der Waals surface area contributed by atoms with Gasteiger partial charge in [-0.1, -0.05) is 103 Å². The molecule has 0 aromatic heterocycles. The lowest BCUT2D eigenvalue weighted by molar-refractivity contribution is -0.282. The molecular weight excluding hydrogens is 559 g/mol. The molecule has 0 N–H and O–H groups in total. The third-order valence-electron chi connectivity index (χ3n) is 7.30. The van der Waals surface area contributed by atoms with E-state index in [1.54, 1.807) is 0 Å². The SMILES string of the molecule is CCCCCCCCCCCCCCCCCC(C(C(C(F)(F)F)[Si](OC)(OC)OC)C(F)(F)F)C(F)(F)F. The van der Waals surface area contributed by atoms with E-state index < -0.39 is 51.1 Å². The molecule has 0 saturated carbocycles. The highest BCUT2D eigenvalue weighted by Gasteiger charge is 2.72. The molecule has 0 amide bonds. The number of hydrogen-bond acceptors (Lipinski definition) is 3. The van der Waals surface area contributed by atoms with Gasteiger partial charge in [-0.2, -0.15) is 39.5 Å². The zero-order valence-electron chi connectivity index (χ0n) is 23.7. The molecule has 0 aromatic rings. The number of alkyl halides is 9. The van der Waals surface area contributed by atoms with Gasteiger partial charge in [0, 0.05) is 21.3 Å². The van der Waals surface area contributed by atoms with Gasteiger partial charge in [0.25, 0.3) is 0 Å². The summed E-state index contributed by atoms with van der Waals surface area (Å²) in [5, 5.41) is 0. The average Bonchev–Trinajstić information content (AvgIpc) is 2.83. The molecule has 3 unspecified atom stereocenters. The van der Waals surface area contributed by atoms with Crippen LogP contribution in [0.4, 0.5) is 39.5 Å². The molecule has 0 aliphatic heterocycles. The number of unbranched alkanes of at least 4 members (excludes halogenated alkanes) is 14. The Balaban J connectivity index is 4.98. The monoisotopic (exact) mass is 606 g/mol. The van der Waals surface area contributed by atoms with Gasteiger partial charge in [-0.3, -0.25) is 0 Å². The van der Waals surface area contributed by atoms with Crippen LogP contribution < -0.4 is 0 Å². The maximum Gasteiger partial charge on any atom is 0.513 e. The summed E-state index contributed by atoms with van der Waals surface area (Å²) in [6, 6.07) is 0. The van der Waals surface area contributed by atoms with Crippen LogP contribution in [-0.2, 0) is 13.3 Å². The molecule has 0 heterocycles. The summed E-state index contributed by atoms with van der Waals surface area (Å²) in [6.07, 6.45) is -4.34. The molecule has 236 valence electrons. The molecule has 0 bridgehead atoms. The zero-order chi connectivity index (χ0) is 30.2. The van der Waals surface area contributed by atoms with Crippen LogP contribution in [0.2, 0.25) is 5.54 Å². The van der Waals surface area contributed by atoms with Crippen molar-refractivity contribution >= 4 is 8.80 Å². The summed E-state index contributed by atoms with van der Waals surface area (Å²) >= 11 is 0. The van der Waals surface area contributed by atoms with Gasteiger partial charge in [0.15, 0.2) is 0 Å². The fraction of sp³-hybridized carbons (Fsp3) is 1.00. The minimum Gasteiger partial charge on any atom is -0.376 e. The second-order valence-electron chi connectivity index (χ2n) is 10.2. The maximum atomic E-state index is 14.0. The van der Waals surface area contributed by atoms with Crippen molar-refractivity contribution in [3.8, 4) is 0 Å². The fourth-order valence-electron chi connectivity index (χ4n) is 5.19. The Hall–Kier alpha value is -0.533. The Kier molecular flexibility index (Phi) is 18.6. The predicted molar refractivity (Wildman–Crippen MR) is 135 cm³/mol. The van der Waals surface area contributed by atoms with E-state index in [1.807, 2.05) is 0 Å². The standard InChI is InChI=1S/C26H47F9O3Si/c1-5-6-7-8-9-10-11-12-13-14-15-16-17-18-19-20-21(24(27,28)29)22(25(30,31)32)23(26(33,34)35)39(36-2,37-3)38-4/h21-23H,5-20H2,1-4H3. The molecule has 0 fully saturated rings. The van der Waals surface area contributed by atoms with Gasteiger partial charge in [-0.15, -0.1) is 0 Å². The first-order chi connectivity index (χ1) is 18.1. The Morgan fingerprint density at radius 2 is 0.821 bits per heavy atom. The van der Waals surface area contributed by atoms with Crippen molar-refractivity contribution in [3.05, 3.63) is 0 Å². The van der Waals surface area contributed by atoms with Crippen molar-refractivity contribution in [1.82, 2.24) is 0 Å². The van der Waals surface area contributed by atoms with Gasteiger partial charge in [-0.05, 0) is 6.42 Å². The van der Waals surface area contributed by atoms with E-state index in [0.29, 0.717) is 34.2 Å². The lowest BCUT2D eigenvalue weighted by Gasteiger charge is -2.42. The van der Waals surface area contributed by atoms with Crippen LogP contribution >= 0.6 is 0 Å². The Labute approximate surface area is 228 Å². The second-order valence-corrected chi connectivity index (χ2v) is 13.2. The summed E-state index contributed by atoms with van der Waals surface area (Å²) < 4.78 is 139. The smallest absolute Gasteiger partial charge is 0.376 e. The second kappa shape index (κ2) is 18.8. The number of halogens is 9. The molecule has 3 atom stereocenters. The van der Waals surface area contributed by atoms with Crippen LogP contribution in [-0.4, -0.2) is 48.7 Å². The summed E-state index contributed by atoms with van der Waals surface area (Å²) in [6.45, 7) is 2.18. The van der Waals surface area contributed by atoms with E-state index in [4.69, 9.17) is 0 Å². The Morgan fingerprint density at radius 3 is 1.08 bits per heavy atom. The molecule has 0 aromatic carbocycles. The summed E-state index contributed by atoms with van der Waals surface area (Å²) in [7, 11) is -3.31. The van der Waals surface area contributed by atoms with Crippen LogP contribution in [0.5, 0.6) is 0 Å². The van der Waals surface area contributed by atoms with Crippen LogP contribution in [0.15, 0.2) is 0 Å². The van der Waals surface area contributed by atoms with E-state index in [1.165, 1.54) is 44.9 Å². The summed E-state index contributed by atoms with van der Waals surface area (Å²) in [5.74, 6) is -7.10. The topological polar surface area (TPSA) is 27.7 Å². The molecule has 3 nitrogen and oxygen atoms in total. The quantitative estimate of drug-likeness (QED) is 0.0697. The highest BCUT2D eigenvalue weighted by atomic mass is 28.4. The molecule has 39 heavy (non-hydrogen) atoms. The summed E-state index contributed by atoms with van der Waals surface area (Å²) in [5.41, 5.74) is -3.63. The van der Waals surface area contributed by atoms with E-state index in [9.17, 15) is 39.5 Å². The molecule has 0 aliphatic carbocycles.